The average molecular weight is 253 g/mol. The predicted molar refractivity (Wildman–Crippen MR) is 62.6 cm³/mol. The van der Waals surface area contributed by atoms with Gasteiger partial charge in [0.05, 0.1) is 6.61 Å². The van der Waals surface area contributed by atoms with Crippen LogP contribution in [0.3, 0.4) is 0 Å². The van der Waals surface area contributed by atoms with Crippen molar-refractivity contribution in [2.45, 2.75) is 25.8 Å². The van der Waals surface area contributed by atoms with Crippen LogP contribution in [0.1, 0.15) is 25.3 Å². The van der Waals surface area contributed by atoms with E-state index >= 15 is 0 Å². The van der Waals surface area contributed by atoms with Crippen LogP contribution in [0.25, 0.3) is 0 Å². The molecule has 1 aliphatic heterocycles. The molecule has 96 valence electrons. The van der Waals surface area contributed by atoms with Crippen molar-refractivity contribution in [2.24, 2.45) is 4.99 Å². The van der Waals surface area contributed by atoms with Crippen molar-refractivity contribution in [1.29, 1.82) is 0 Å². The second-order valence-electron chi connectivity index (χ2n) is 4.01. The maximum Gasteiger partial charge on any atom is 0.330 e. The van der Waals surface area contributed by atoms with E-state index < -0.39 is 17.7 Å². The Labute approximate surface area is 103 Å². The van der Waals surface area contributed by atoms with Gasteiger partial charge in [-0.1, -0.05) is 6.07 Å². The Morgan fingerprint density at radius 3 is 2.89 bits per heavy atom. The van der Waals surface area contributed by atoms with Crippen LogP contribution in [0, 0.1) is 11.6 Å². The van der Waals surface area contributed by atoms with Crippen molar-refractivity contribution in [1.82, 2.24) is 0 Å². The van der Waals surface area contributed by atoms with Gasteiger partial charge in [0.15, 0.2) is 11.6 Å². The fraction of sp³-hybridized carbons (Fsp3) is 0.385. The minimum Gasteiger partial charge on any atom is -0.464 e. The molecule has 18 heavy (non-hydrogen) atoms. The summed E-state index contributed by atoms with van der Waals surface area (Å²) >= 11 is 0. The maximum absolute atomic E-state index is 13.1. The molecule has 3 nitrogen and oxygen atoms in total. The molecule has 0 aromatic heterocycles. The lowest BCUT2D eigenvalue weighted by atomic mass is 10.1. The first-order chi connectivity index (χ1) is 8.61. The summed E-state index contributed by atoms with van der Waals surface area (Å²) < 4.78 is 30.8. The van der Waals surface area contributed by atoms with Crippen LogP contribution in [0.15, 0.2) is 23.2 Å². The Balaban J connectivity index is 2.17. The number of rotatable bonds is 3. The Bertz CT molecular complexity index is 500. The van der Waals surface area contributed by atoms with Gasteiger partial charge in [-0.15, -0.1) is 0 Å². The summed E-state index contributed by atoms with van der Waals surface area (Å²) in [6, 6.07) is 3.10. The second-order valence-corrected chi connectivity index (χ2v) is 4.01. The second kappa shape index (κ2) is 5.25. The average Bonchev–Trinajstić information content (AvgIpc) is 2.82. The highest BCUT2D eigenvalue weighted by Crippen LogP contribution is 2.21. The van der Waals surface area contributed by atoms with E-state index in [1.165, 1.54) is 6.07 Å². The SMILES string of the molecule is CCOC(=O)C1CCC(c2ccc(F)c(F)c2)=N1. The van der Waals surface area contributed by atoms with Crippen LogP contribution in [-0.2, 0) is 9.53 Å². The molecular formula is C13H13F2NO2. The minimum absolute atomic E-state index is 0.311. The lowest BCUT2D eigenvalue weighted by Crippen LogP contribution is -2.18. The zero-order chi connectivity index (χ0) is 13.1. The van der Waals surface area contributed by atoms with Crippen molar-refractivity contribution >= 4 is 11.7 Å². The highest BCUT2D eigenvalue weighted by atomic mass is 19.2. The Morgan fingerprint density at radius 1 is 1.44 bits per heavy atom. The first-order valence-corrected chi connectivity index (χ1v) is 5.80. The van der Waals surface area contributed by atoms with Crippen LogP contribution in [0.5, 0.6) is 0 Å². The van der Waals surface area contributed by atoms with Gasteiger partial charge in [-0.25, -0.2) is 13.6 Å². The van der Waals surface area contributed by atoms with E-state index in [9.17, 15) is 13.6 Å². The third-order valence-corrected chi connectivity index (χ3v) is 2.78. The summed E-state index contributed by atoms with van der Waals surface area (Å²) in [7, 11) is 0. The van der Waals surface area contributed by atoms with Crippen LogP contribution in [-0.4, -0.2) is 24.3 Å². The molecule has 1 aromatic carbocycles. The van der Waals surface area contributed by atoms with Crippen molar-refractivity contribution in [3.63, 3.8) is 0 Å². The van der Waals surface area contributed by atoms with Crippen molar-refractivity contribution < 1.29 is 18.3 Å². The molecule has 1 unspecified atom stereocenters. The standard InChI is InChI=1S/C13H13F2NO2/c1-2-18-13(17)12-6-5-11(16-12)8-3-4-9(14)10(15)7-8/h3-4,7,12H,2,5-6H2,1H3. The Kier molecular flexibility index (Phi) is 3.69. The van der Waals surface area contributed by atoms with Crippen molar-refractivity contribution in [3.05, 3.63) is 35.4 Å². The third kappa shape index (κ3) is 2.55. The van der Waals surface area contributed by atoms with Gasteiger partial charge in [0.1, 0.15) is 6.04 Å². The molecule has 0 radical (unpaired) electrons. The quantitative estimate of drug-likeness (QED) is 0.776. The molecule has 0 aliphatic carbocycles. The van der Waals surface area contributed by atoms with E-state index in [-0.39, 0.29) is 5.97 Å². The summed E-state index contributed by atoms with van der Waals surface area (Å²) in [5.74, 6) is -2.16. The van der Waals surface area contributed by atoms with Gasteiger partial charge in [-0.05, 0) is 37.5 Å². The number of hydrogen-bond acceptors (Lipinski definition) is 3. The van der Waals surface area contributed by atoms with Crippen LogP contribution in [0.2, 0.25) is 0 Å². The zero-order valence-corrected chi connectivity index (χ0v) is 9.95. The lowest BCUT2D eigenvalue weighted by Gasteiger charge is -2.04. The molecule has 0 amide bonds. The van der Waals surface area contributed by atoms with E-state index in [2.05, 4.69) is 4.99 Å². The van der Waals surface area contributed by atoms with Crippen molar-refractivity contribution in [3.8, 4) is 0 Å². The first-order valence-electron chi connectivity index (χ1n) is 5.80. The summed E-state index contributed by atoms with van der Waals surface area (Å²) in [5.41, 5.74) is 1.13. The van der Waals surface area contributed by atoms with E-state index in [1.54, 1.807) is 6.92 Å². The minimum atomic E-state index is -0.908. The van der Waals surface area contributed by atoms with Gasteiger partial charge in [0, 0.05) is 5.71 Å². The molecule has 0 saturated carbocycles. The summed E-state index contributed by atoms with van der Waals surface area (Å²) in [4.78, 5) is 15.7. The van der Waals surface area contributed by atoms with Gasteiger partial charge in [-0.2, -0.15) is 0 Å². The van der Waals surface area contributed by atoms with Crippen LogP contribution >= 0.6 is 0 Å². The van der Waals surface area contributed by atoms with Crippen molar-refractivity contribution in [2.75, 3.05) is 6.61 Å². The topological polar surface area (TPSA) is 38.7 Å². The number of ether oxygens (including phenoxy) is 1. The highest BCUT2D eigenvalue weighted by molar-refractivity contribution is 6.03. The Hall–Kier alpha value is -1.78. The first kappa shape index (κ1) is 12.7. The van der Waals surface area contributed by atoms with Gasteiger partial charge in [-0.3, -0.25) is 4.99 Å². The molecule has 1 aliphatic rings. The summed E-state index contributed by atoms with van der Waals surface area (Å²) in [5, 5.41) is 0. The third-order valence-electron chi connectivity index (χ3n) is 2.78. The molecule has 1 aromatic rings. The molecule has 2 rings (SSSR count). The monoisotopic (exact) mass is 253 g/mol. The number of nitrogens with zero attached hydrogens (tertiary/aromatic N) is 1. The Morgan fingerprint density at radius 2 is 2.22 bits per heavy atom. The number of halogens is 2. The van der Waals surface area contributed by atoms with Gasteiger partial charge in [0.2, 0.25) is 0 Å². The smallest absolute Gasteiger partial charge is 0.330 e. The number of aliphatic imine (C=N–C) groups is 1. The molecule has 0 N–H and O–H groups in total. The highest BCUT2D eigenvalue weighted by Gasteiger charge is 2.26. The van der Waals surface area contributed by atoms with E-state index in [4.69, 9.17) is 4.74 Å². The molecule has 1 atom stereocenters. The fourth-order valence-electron chi connectivity index (χ4n) is 1.89. The number of benzene rings is 1. The zero-order valence-electron chi connectivity index (χ0n) is 9.95. The van der Waals surface area contributed by atoms with E-state index in [1.807, 2.05) is 0 Å². The summed E-state index contributed by atoms with van der Waals surface area (Å²) in [6.07, 6.45) is 1.11. The predicted octanol–water partition coefficient (Wildman–Crippen LogP) is 2.48. The van der Waals surface area contributed by atoms with E-state index in [0.717, 1.165) is 12.1 Å². The van der Waals surface area contributed by atoms with Crippen LogP contribution in [0.4, 0.5) is 8.78 Å². The number of carbonyl (C=O) groups excluding carboxylic acids is 1. The molecule has 0 bridgehead atoms. The number of carbonyl (C=O) groups is 1. The largest absolute Gasteiger partial charge is 0.464 e. The molecule has 5 heteroatoms. The molecular weight excluding hydrogens is 240 g/mol. The maximum atomic E-state index is 13.1. The fourth-order valence-corrected chi connectivity index (χ4v) is 1.89. The molecule has 0 spiro atoms. The molecule has 0 fully saturated rings. The van der Waals surface area contributed by atoms with Gasteiger partial charge < -0.3 is 4.74 Å². The normalized spacial score (nSPS) is 18.6. The molecule has 0 saturated heterocycles. The number of hydrogen-bond donors (Lipinski definition) is 0. The lowest BCUT2D eigenvalue weighted by molar-refractivity contribution is -0.144. The van der Waals surface area contributed by atoms with Gasteiger partial charge in [0.25, 0.3) is 0 Å². The molecule has 1 heterocycles. The number of esters is 1. The van der Waals surface area contributed by atoms with E-state index in [0.29, 0.717) is 30.7 Å². The summed E-state index contributed by atoms with van der Waals surface area (Å²) in [6.45, 7) is 2.04. The van der Waals surface area contributed by atoms with Gasteiger partial charge >= 0.3 is 5.97 Å². The van der Waals surface area contributed by atoms with Crippen LogP contribution < -0.4 is 0 Å².